The molecule has 0 spiro atoms. The van der Waals surface area contributed by atoms with Gasteiger partial charge in [0.1, 0.15) is 5.75 Å². The molecule has 0 radical (unpaired) electrons. The molecule has 0 saturated heterocycles. The molecule has 0 aromatic heterocycles. The average Bonchev–Trinajstić information content (AvgIpc) is 2.94. The number of hydrogen-bond donors (Lipinski definition) is 0. The van der Waals surface area contributed by atoms with E-state index in [-0.39, 0.29) is 25.1 Å². The quantitative estimate of drug-likeness (QED) is 0.148. The van der Waals surface area contributed by atoms with Crippen molar-refractivity contribution in [2.24, 2.45) is 5.92 Å². The second-order valence-electron chi connectivity index (χ2n) is 9.45. The van der Waals surface area contributed by atoms with Gasteiger partial charge in [-0.1, -0.05) is 80.7 Å². The SMILES string of the molecule is C=C(C)C(=O)OCC(COC(=O)CC)Cc1ccc(-c2ccc(-c3ccc(OC(=O)C(=C)C)cc3)cc2)cc1. The van der Waals surface area contributed by atoms with E-state index in [1.807, 2.05) is 48.5 Å². The standard InChI is InChI=1S/C33H34O6/c1-6-31(34)37-20-25(21-38-32(35)22(2)3)19-24-7-9-26(10-8-24)27-11-13-28(14-12-27)29-15-17-30(18-16-29)39-33(36)23(4)5/h7-18,25H,2,4,6,19-21H2,1,3,5H3. The molecule has 0 N–H and O–H groups in total. The largest absolute Gasteiger partial charge is 0.465 e. The Hall–Kier alpha value is -4.45. The van der Waals surface area contributed by atoms with Crippen molar-refractivity contribution in [3.05, 3.63) is 103 Å². The number of carbonyl (C=O) groups excluding carboxylic acids is 3. The van der Waals surface area contributed by atoms with Crippen LogP contribution in [0.25, 0.3) is 22.3 Å². The smallest absolute Gasteiger partial charge is 0.338 e. The van der Waals surface area contributed by atoms with E-state index in [4.69, 9.17) is 14.2 Å². The zero-order valence-electron chi connectivity index (χ0n) is 22.7. The van der Waals surface area contributed by atoms with Crippen LogP contribution < -0.4 is 4.74 Å². The second kappa shape index (κ2) is 13.9. The Bertz CT molecular complexity index is 1320. The molecule has 1 unspecified atom stereocenters. The minimum absolute atomic E-state index is 0.142. The summed E-state index contributed by atoms with van der Waals surface area (Å²) in [5.41, 5.74) is 5.92. The first-order valence-electron chi connectivity index (χ1n) is 12.8. The summed E-state index contributed by atoms with van der Waals surface area (Å²) < 4.78 is 15.9. The summed E-state index contributed by atoms with van der Waals surface area (Å²) in [5, 5.41) is 0. The van der Waals surface area contributed by atoms with Crippen LogP contribution in [0, 0.1) is 5.92 Å². The zero-order chi connectivity index (χ0) is 28.4. The maximum atomic E-state index is 11.8. The summed E-state index contributed by atoms with van der Waals surface area (Å²) >= 11 is 0. The normalized spacial score (nSPS) is 11.3. The predicted molar refractivity (Wildman–Crippen MR) is 152 cm³/mol. The molecule has 0 heterocycles. The van der Waals surface area contributed by atoms with Gasteiger partial charge >= 0.3 is 17.9 Å². The third-order valence-electron chi connectivity index (χ3n) is 6.01. The summed E-state index contributed by atoms with van der Waals surface area (Å²) in [4.78, 5) is 35.2. The lowest BCUT2D eigenvalue weighted by Gasteiger charge is -2.17. The molecule has 0 amide bonds. The first-order chi connectivity index (χ1) is 18.7. The number of carbonyl (C=O) groups is 3. The monoisotopic (exact) mass is 526 g/mol. The van der Waals surface area contributed by atoms with E-state index in [9.17, 15) is 14.4 Å². The molecule has 0 bridgehead atoms. The van der Waals surface area contributed by atoms with Crippen LogP contribution in [0.1, 0.15) is 32.8 Å². The minimum Gasteiger partial charge on any atom is -0.465 e. The Morgan fingerprint density at radius 3 is 1.56 bits per heavy atom. The van der Waals surface area contributed by atoms with Crippen LogP contribution >= 0.6 is 0 Å². The Morgan fingerprint density at radius 2 is 1.10 bits per heavy atom. The van der Waals surface area contributed by atoms with E-state index in [1.54, 1.807) is 32.9 Å². The lowest BCUT2D eigenvalue weighted by Crippen LogP contribution is -2.23. The molecule has 3 aromatic carbocycles. The summed E-state index contributed by atoms with van der Waals surface area (Å²) in [6, 6.07) is 23.7. The Morgan fingerprint density at radius 1 is 0.667 bits per heavy atom. The van der Waals surface area contributed by atoms with Gasteiger partial charge in [0.15, 0.2) is 0 Å². The lowest BCUT2D eigenvalue weighted by molar-refractivity contribution is -0.147. The molecule has 202 valence electrons. The van der Waals surface area contributed by atoms with Gasteiger partial charge in [-0.2, -0.15) is 0 Å². The van der Waals surface area contributed by atoms with Gasteiger partial charge in [0.2, 0.25) is 0 Å². The first kappa shape index (κ1) is 29.1. The van der Waals surface area contributed by atoms with Crippen molar-refractivity contribution >= 4 is 17.9 Å². The van der Waals surface area contributed by atoms with Gasteiger partial charge < -0.3 is 14.2 Å². The van der Waals surface area contributed by atoms with Crippen LogP contribution in [0.15, 0.2) is 97.1 Å². The van der Waals surface area contributed by atoms with Crippen LogP contribution in [-0.4, -0.2) is 31.1 Å². The highest BCUT2D eigenvalue weighted by Gasteiger charge is 2.16. The predicted octanol–water partition coefficient (Wildman–Crippen LogP) is 6.73. The van der Waals surface area contributed by atoms with Gasteiger partial charge in [-0.3, -0.25) is 4.79 Å². The van der Waals surface area contributed by atoms with Crippen LogP contribution in [-0.2, 0) is 30.3 Å². The molecular formula is C33H34O6. The summed E-state index contributed by atoms with van der Waals surface area (Å²) in [5.74, 6) is -0.873. The van der Waals surface area contributed by atoms with Gasteiger partial charge in [-0.05, 0) is 60.2 Å². The van der Waals surface area contributed by atoms with Crippen molar-refractivity contribution in [3.63, 3.8) is 0 Å². The molecule has 3 rings (SSSR count). The molecule has 6 heteroatoms. The molecule has 0 aliphatic heterocycles. The molecule has 0 aliphatic carbocycles. The van der Waals surface area contributed by atoms with E-state index in [0.29, 0.717) is 29.7 Å². The molecule has 0 fully saturated rings. The van der Waals surface area contributed by atoms with Crippen molar-refractivity contribution in [1.29, 1.82) is 0 Å². The van der Waals surface area contributed by atoms with Crippen molar-refractivity contribution in [2.75, 3.05) is 13.2 Å². The number of ether oxygens (including phenoxy) is 3. The zero-order valence-corrected chi connectivity index (χ0v) is 22.7. The number of esters is 3. The van der Waals surface area contributed by atoms with Gasteiger partial charge in [0.05, 0.1) is 13.2 Å². The summed E-state index contributed by atoms with van der Waals surface area (Å²) in [6.07, 6.45) is 0.888. The highest BCUT2D eigenvalue weighted by molar-refractivity contribution is 5.89. The average molecular weight is 527 g/mol. The van der Waals surface area contributed by atoms with Crippen LogP contribution in [0.5, 0.6) is 5.75 Å². The topological polar surface area (TPSA) is 78.9 Å². The van der Waals surface area contributed by atoms with Crippen LogP contribution in [0.3, 0.4) is 0 Å². The van der Waals surface area contributed by atoms with Gasteiger partial charge in [-0.15, -0.1) is 0 Å². The highest BCUT2D eigenvalue weighted by Crippen LogP contribution is 2.27. The van der Waals surface area contributed by atoms with Crippen molar-refractivity contribution in [1.82, 2.24) is 0 Å². The Kier molecular flexibility index (Phi) is 10.4. The third kappa shape index (κ3) is 8.82. The van der Waals surface area contributed by atoms with Crippen LogP contribution in [0.2, 0.25) is 0 Å². The number of benzene rings is 3. The Labute approximate surface area is 229 Å². The third-order valence-corrected chi connectivity index (χ3v) is 6.01. The molecule has 3 aromatic rings. The summed E-state index contributed by atoms with van der Waals surface area (Å²) in [6.45, 7) is 12.5. The van der Waals surface area contributed by atoms with Crippen molar-refractivity contribution in [2.45, 2.75) is 33.6 Å². The first-order valence-corrected chi connectivity index (χ1v) is 12.8. The van der Waals surface area contributed by atoms with E-state index < -0.39 is 11.9 Å². The number of rotatable bonds is 12. The Balaban J connectivity index is 1.65. The second-order valence-corrected chi connectivity index (χ2v) is 9.45. The fourth-order valence-corrected chi connectivity index (χ4v) is 3.73. The highest BCUT2D eigenvalue weighted by atomic mass is 16.5. The van der Waals surface area contributed by atoms with E-state index in [1.165, 1.54) is 0 Å². The molecule has 0 saturated carbocycles. The lowest BCUT2D eigenvalue weighted by atomic mass is 9.96. The van der Waals surface area contributed by atoms with E-state index >= 15 is 0 Å². The van der Waals surface area contributed by atoms with E-state index in [2.05, 4.69) is 25.3 Å². The maximum absolute atomic E-state index is 11.8. The van der Waals surface area contributed by atoms with Gasteiger partial charge in [0.25, 0.3) is 0 Å². The van der Waals surface area contributed by atoms with E-state index in [0.717, 1.165) is 27.8 Å². The summed E-state index contributed by atoms with van der Waals surface area (Å²) in [7, 11) is 0. The maximum Gasteiger partial charge on any atom is 0.338 e. The fourth-order valence-electron chi connectivity index (χ4n) is 3.73. The van der Waals surface area contributed by atoms with Crippen LogP contribution in [0.4, 0.5) is 0 Å². The molecule has 1 atom stereocenters. The fraction of sp³-hybridized carbons (Fsp3) is 0.242. The molecular weight excluding hydrogens is 492 g/mol. The molecule has 0 aliphatic rings. The number of hydrogen-bond acceptors (Lipinski definition) is 6. The van der Waals surface area contributed by atoms with Gasteiger partial charge in [0, 0.05) is 23.5 Å². The van der Waals surface area contributed by atoms with Crippen molar-refractivity contribution in [3.8, 4) is 28.0 Å². The van der Waals surface area contributed by atoms with Crippen molar-refractivity contribution < 1.29 is 28.6 Å². The van der Waals surface area contributed by atoms with Gasteiger partial charge in [-0.25, -0.2) is 9.59 Å². The minimum atomic E-state index is -0.456. The molecule has 6 nitrogen and oxygen atoms in total. The molecule has 39 heavy (non-hydrogen) atoms.